The lowest BCUT2D eigenvalue weighted by Gasteiger charge is -2.24. The van der Waals surface area contributed by atoms with Gasteiger partial charge in [-0.1, -0.05) is 23.8 Å². The maximum absolute atomic E-state index is 12.1. The summed E-state index contributed by atoms with van der Waals surface area (Å²) in [6.07, 6.45) is 5.89. The zero-order valence-electron chi connectivity index (χ0n) is 10.0. The van der Waals surface area contributed by atoms with E-state index in [1.165, 1.54) is 6.20 Å². The second-order valence-corrected chi connectivity index (χ2v) is 4.74. The lowest BCUT2D eigenvalue weighted by Crippen LogP contribution is -2.34. The molecule has 0 fully saturated rings. The first-order valence-corrected chi connectivity index (χ1v) is 6.26. The SMILES string of the molecule is O=C(O)[C@H]1CC=CC[C@H]1C(=O)Nc1ccc(Cl)nc1. The zero-order chi connectivity index (χ0) is 13.8. The van der Waals surface area contributed by atoms with Crippen molar-refractivity contribution in [1.82, 2.24) is 4.98 Å². The monoisotopic (exact) mass is 280 g/mol. The summed E-state index contributed by atoms with van der Waals surface area (Å²) < 4.78 is 0. The van der Waals surface area contributed by atoms with E-state index in [1.807, 2.05) is 6.08 Å². The molecule has 1 aromatic rings. The summed E-state index contributed by atoms with van der Waals surface area (Å²) in [5.74, 6) is -2.48. The molecule has 0 aliphatic heterocycles. The molecule has 1 aliphatic rings. The lowest BCUT2D eigenvalue weighted by molar-refractivity contribution is -0.146. The van der Waals surface area contributed by atoms with E-state index in [-0.39, 0.29) is 5.91 Å². The Morgan fingerprint density at radius 1 is 1.26 bits per heavy atom. The average molecular weight is 281 g/mol. The molecule has 0 saturated carbocycles. The Morgan fingerprint density at radius 2 is 1.95 bits per heavy atom. The molecule has 0 radical (unpaired) electrons. The number of allylic oxidation sites excluding steroid dienone is 2. The molecule has 0 bridgehead atoms. The fraction of sp³-hybridized carbons (Fsp3) is 0.308. The van der Waals surface area contributed by atoms with Crippen molar-refractivity contribution in [2.24, 2.45) is 11.8 Å². The Morgan fingerprint density at radius 3 is 2.53 bits per heavy atom. The van der Waals surface area contributed by atoms with Crippen molar-refractivity contribution >= 4 is 29.2 Å². The van der Waals surface area contributed by atoms with Crippen LogP contribution in [0.2, 0.25) is 5.15 Å². The van der Waals surface area contributed by atoms with Crippen molar-refractivity contribution in [3.63, 3.8) is 0 Å². The molecule has 2 atom stereocenters. The van der Waals surface area contributed by atoms with Gasteiger partial charge in [0.25, 0.3) is 0 Å². The highest BCUT2D eigenvalue weighted by atomic mass is 35.5. The predicted octanol–water partition coefficient (Wildman–Crippen LogP) is 2.34. The molecular formula is C13H13ClN2O3. The van der Waals surface area contributed by atoms with Crippen LogP contribution in [0.1, 0.15) is 12.8 Å². The first kappa shape index (κ1) is 13.5. The second kappa shape index (κ2) is 5.84. The molecule has 0 unspecified atom stereocenters. The van der Waals surface area contributed by atoms with E-state index in [2.05, 4.69) is 10.3 Å². The van der Waals surface area contributed by atoms with E-state index >= 15 is 0 Å². The van der Waals surface area contributed by atoms with E-state index in [0.29, 0.717) is 23.7 Å². The number of carbonyl (C=O) groups excluding carboxylic acids is 1. The topological polar surface area (TPSA) is 79.3 Å². The number of aliphatic carboxylic acids is 1. The van der Waals surface area contributed by atoms with Crippen molar-refractivity contribution in [3.8, 4) is 0 Å². The molecular weight excluding hydrogens is 268 g/mol. The van der Waals surface area contributed by atoms with Crippen LogP contribution < -0.4 is 5.32 Å². The van der Waals surface area contributed by atoms with Crippen LogP contribution >= 0.6 is 11.6 Å². The van der Waals surface area contributed by atoms with Gasteiger partial charge in [0, 0.05) is 0 Å². The summed E-state index contributed by atoms with van der Waals surface area (Å²) >= 11 is 5.65. The molecule has 1 amide bonds. The van der Waals surface area contributed by atoms with Gasteiger partial charge < -0.3 is 10.4 Å². The summed E-state index contributed by atoms with van der Waals surface area (Å²) in [4.78, 5) is 27.1. The Hall–Kier alpha value is -1.88. The summed E-state index contributed by atoms with van der Waals surface area (Å²) in [6.45, 7) is 0. The molecule has 2 rings (SSSR count). The van der Waals surface area contributed by atoms with Crippen molar-refractivity contribution < 1.29 is 14.7 Å². The van der Waals surface area contributed by atoms with E-state index in [4.69, 9.17) is 16.7 Å². The first-order valence-electron chi connectivity index (χ1n) is 5.88. The number of pyridine rings is 1. The van der Waals surface area contributed by atoms with E-state index < -0.39 is 17.8 Å². The zero-order valence-corrected chi connectivity index (χ0v) is 10.8. The van der Waals surface area contributed by atoms with Gasteiger partial charge in [-0.15, -0.1) is 0 Å². The van der Waals surface area contributed by atoms with Crippen molar-refractivity contribution in [2.75, 3.05) is 5.32 Å². The molecule has 2 N–H and O–H groups in total. The van der Waals surface area contributed by atoms with Gasteiger partial charge in [-0.3, -0.25) is 9.59 Å². The minimum Gasteiger partial charge on any atom is -0.481 e. The summed E-state index contributed by atoms with van der Waals surface area (Å²) in [5.41, 5.74) is 0.507. The number of carbonyl (C=O) groups is 2. The lowest BCUT2D eigenvalue weighted by atomic mass is 9.82. The molecule has 1 aliphatic carbocycles. The van der Waals surface area contributed by atoms with Crippen LogP contribution in [0.3, 0.4) is 0 Å². The highest BCUT2D eigenvalue weighted by Crippen LogP contribution is 2.27. The maximum atomic E-state index is 12.1. The number of anilines is 1. The number of rotatable bonds is 3. The molecule has 6 heteroatoms. The Bertz CT molecular complexity index is 513. The van der Waals surface area contributed by atoms with E-state index in [9.17, 15) is 9.59 Å². The minimum atomic E-state index is -0.946. The molecule has 100 valence electrons. The van der Waals surface area contributed by atoms with Gasteiger partial charge in [0.05, 0.1) is 23.7 Å². The summed E-state index contributed by atoms with van der Waals surface area (Å²) in [6, 6.07) is 3.19. The maximum Gasteiger partial charge on any atom is 0.307 e. The van der Waals surface area contributed by atoms with Crippen LogP contribution in [0.25, 0.3) is 0 Å². The Kier molecular flexibility index (Phi) is 4.16. The molecule has 0 spiro atoms. The third-order valence-corrected chi connectivity index (χ3v) is 3.30. The number of hydrogen-bond acceptors (Lipinski definition) is 3. The standard InChI is InChI=1S/C13H13ClN2O3/c14-11-6-5-8(7-15-11)16-12(17)9-3-1-2-4-10(9)13(18)19/h1-2,5-7,9-10H,3-4H2,(H,16,17)(H,18,19)/t9-,10+/m1/s1. The first-order chi connectivity index (χ1) is 9.08. The number of hydrogen-bond donors (Lipinski definition) is 2. The average Bonchev–Trinajstić information content (AvgIpc) is 2.41. The Balaban J connectivity index is 2.08. The number of carboxylic acids is 1. The molecule has 19 heavy (non-hydrogen) atoms. The highest BCUT2D eigenvalue weighted by molar-refractivity contribution is 6.29. The largest absolute Gasteiger partial charge is 0.481 e. The van der Waals surface area contributed by atoms with Gasteiger partial charge in [0.1, 0.15) is 5.15 Å². The van der Waals surface area contributed by atoms with Gasteiger partial charge >= 0.3 is 5.97 Å². The predicted molar refractivity (Wildman–Crippen MR) is 70.9 cm³/mol. The molecule has 1 heterocycles. The van der Waals surface area contributed by atoms with Crippen molar-refractivity contribution in [1.29, 1.82) is 0 Å². The van der Waals surface area contributed by atoms with Crippen LogP contribution in [0, 0.1) is 11.8 Å². The highest BCUT2D eigenvalue weighted by Gasteiger charge is 2.33. The van der Waals surface area contributed by atoms with Crippen LogP contribution in [0.15, 0.2) is 30.5 Å². The van der Waals surface area contributed by atoms with Gasteiger partial charge in [-0.25, -0.2) is 4.98 Å². The van der Waals surface area contributed by atoms with Crippen LogP contribution in [-0.4, -0.2) is 22.0 Å². The number of carboxylic acid groups (broad SMARTS) is 1. The molecule has 5 nitrogen and oxygen atoms in total. The number of aromatic nitrogens is 1. The minimum absolute atomic E-state index is 0.305. The number of amides is 1. The summed E-state index contributed by atoms with van der Waals surface area (Å²) in [5, 5.41) is 12.1. The molecule has 1 aromatic heterocycles. The van der Waals surface area contributed by atoms with Gasteiger partial charge in [0.15, 0.2) is 0 Å². The van der Waals surface area contributed by atoms with Gasteiger partial charge in [-0.05, 0) is 25.0 Å². The third kappa shape index (κ3) is 3.32. The van der Waals surface area contributed by atoms with Crippen LogP contribution in [0.5, 0.6) is 0 Å². The van der Waals surface area contributed by atoms with Crippen LogP contribution in [-0.2, 0) is 9.59 Å². The van der Waals surface area contributed by atoms with E-state index in [1.54, 1.807) is 18.2 Å². The smallest absolute Gasteiger partial charge is 0.307 e. The van der Waals surface area contributed by atoms with Gasteiger partial charge in [-0.2, -0.15) is 0 Å². The molecule has 0 saturated heterocycles. The van der Waals surface area contributed by atoms with Crippen molar-refractivity contribution in [2.45, 2.75) is 12.8 Å². The number of nitrogens with zero attached hydrogens (tertiary/aromatic N) is 1. The third-order valence-electron chi connectivity index (χ3n) is 3.08. The fourth-order valence-electron chi connectivity index (χ4n) is 2.06. The normalized spacial score (nSPS) is 21.9. The van der Waals surface area contributed by atoms with Gasteiger partial charge in [0.2, 0.25) is 5.91 Å². The number of halogens is 1. The molecule has 0 aromatic carbocycles. The fourth-order valence-corrected chi connectivity index (χ4v) is 2.17. The Labute approximate surface area is 115 Å². The summed E-state index contributed by atoms with van der Waals surface area (Å²) in [7, 11) is 0. The quantitative estimate of drug-likeness (QED) is 0.658. The number of nitrogens with one attached hydrogen (secondary N) is 1. The van der Waals surface area contributed by atoms with E-state index in [0.717, 1.165) is 0 Å². The second-order valence-electron chi connectivity index (χ2n) is 4.35. The van der Waals surface area contributed by atoms with Crippen LogP contribution in [0.4, 0.5) is 5.69 Å². The van der Waals surface area contributed by atoms with Crippen molar-refractivity contribution in [3.05, 3.63) is 35.6 Å².